The van der Waals surface area contributed by atoms with Gasteiger partial charge in [-0.1, -0.05) is 13.0 Å². The van der Waals surface area contributed by atoms with Crippen molar-refractivity contribution in [2.75, 3.05) is 6.54 Å². The fourth-order valence-electron chi connectivity index (χ4n) is 2.56. The number of aryl methyl sites for hydroxylation is 3. The summed E-state index contributed by atoms with van der Waals surface area (Å²) in [5.41, 5.74) is 3.68. The predicted molar refractivity (Wildman–Crippen MR) is 81.7 cm³/mol. The van der Waals surface area contributed by atoms with Crippen LogP contribution in [-0.4, -0.2) is 27.4 Å². The van der Waals surface area contributed by atoms with Crippen molar-refractivity contribution in [2.24, 2.45) is 7.05 Å². The van der Waals surface area contributed by atoms with Crippen LogP contribution in [0.1, 0.15) is 30.3 Å². The molecule has 0 aliphatic rings. The zero-order chi connectivity index (χ0) is 14.4. The highest BCUT2D eigenvalue weighted by Gasteiger charge is 2.12. The molecule has 1 N–H and O–H groups in total. The Morgan fingerprint density at radius 3 is 2.85 bits per heavy atom. The third-order valence-corrected chi connectivity index (χ3v) is 3.55. The van der Waals surface area contributed by atoms with Crippen LogP contribution in [0.4, 0.5) is 0 Å². The molecule has 108 valence electrons. The minimum atomic E-state index is 0.481. The van der Waals surface area contributed by atoms with Gasteiger partial charge < -0.3 is 5.32 Å². The molecule has 0 bridgehead atoms. The van der Waals surface area contributed by atoms with Crippen molar-refractivity contribution in [3.63, 3.8) is 0 Å². The third kappa shape index (κ3) is 4.17. The highest BCUT2D eigenvalue weighted by atomic mass is 15.3. The number of pyridine rings is 1. The van der Waals surface area contributed by atoms with E-state index in [9.17, 15) is 0 Å². The van der Waals surface area contributed by atoms with Gasteiger partial charge in [-0.05, 0) is 44.0 Å². The molecule has 2 aromatic heterocycles. The molecule has 0 amide bonds. The molecule has 0 saturated carbocycles. The number of rotatable bonds is 7. The summed E-state index contributed by atoms with van der Waals surface area (Å²) in [7, 11) is 2.02. The van der Waals surface area contributed by atoms with Crippen LogP contribution in [0, 0.1) is 6.92 Å². The van der Waals surface area contributed by atoms with E-state index in [0.29, 0.717) is 6.04 Å². The first-order valence-corrected chi connectivity index (χ1v) is 7.31. The largest absolute Gasteiger partial charge is 0.314 e. The fourth-order valence-corrected chi connectivity index (χ4v) is 2.56. The lowest BCUT2D eigenvalue weighted by atomic mass is 10.0. The Hall–Kier alpha value is -1.68. The Bertz CT molecular complexity index is 519. The molecule has 20 heavy (non-hydrogen) atoms. The number of hydrogen-bond donors (Lipinski definition) is 1. The van der Waals surface area contributed by atoms with Crippen LogP contribution in [0.15, 0.2) is 30.6 Å². The minimum Gasteiger partial charge on any atom is -0.314 e. The molecule has 0 fully saturated rings. The second-order valence-electron chi connectivity index (χ2n) is 5.26. The first-order chi connectivity index (χ1) is 9.69. The van der Waals surface area contributed by atoms with Gasteiger partial charge in [0.25, 0.3) is 0 Å². The number of likely N-dealkylation sites (N-methyl/N-ethyl adjacent to an activating group) is 1. The average Bonchev–Trinajstić information content (AvgIpc) is 2.76. The maximum Gasteiger partial charge on any atom is 0.0596 e. The summed E-state index contributed by atoms with van der Waals surface area (Å²) in [5.74, 6) is 0. The fraction of sp³-hybridized carbons (Fsp3) is 0.500. The Balaban J connectivity index is 1.95. The molecule has 4 nitrogen and oxygen atoms in total. The molecule has 0 aliphatic heterocycles. The molecule has 0 spiro atoms. The second kappa shape index (κ2) is 7.20. The van der Waals surface area contributed by atoms with Crippen LogP contribution < -0.4 is 5.32 Å². The Morgan fingerprint density at radius 2 is 2.25 bits per heavy atom. The van der Waals surface area contributed by atoms with Crippen LogP contribution in [0.2, 0.25) is 0 Å². The highest BCUT2D eigenvalue weighted by molar-refractivity contribution is 5.12. The SMILES string of the molecule is CCNC(CCc1cccnc1)Cc1cc(C)nn1C. The summed E-state index contributed by atoms with van der Waals surface area (Å²) >= 11 is 0. The molecule has 0 aromatic carbocycles. The third-order valence-electron chi connectivity index (χ3n) is 3.55. The van der Waals surface area contributed by atoms with Gasteiger partial charge in [0.1, 0.15) is 0 Å². The summed E-state index contributed by atoms with van der Waals surface area (Å²) in [6, 6.07) is 6.80. The molecule has 2 rings (SSSR count). The first-order valence-electron chi connectivity index (χ1n) is 7.31. The van der Waals surface area contributed by atoms with Gasteiger partial charge in [-0.25, -0.2) is 0 Å². The first kappa shape index (κ1) is 14.7. The van der Waals surface area contributed by atoms with Crippen LogP contribution in [-0.2, 0) is 19.9 Å². The second-order valence-corrected chi connectivity index (χ2v) is 5.26. The Labute approximate surface area is 121 Å². The molecule has 1 atom stereocenters. The summed E-state index contributed by atoms with van der Waals surface area (Å²) in [5, 5.41) is 8.00. The van der Waals surface area contributed by atoms with E-state index in [1.165, 1.54) is 11.3 Å². The molecule has 1 unspecified atom stereocenters. The van der Waals surface area contributed by atoms with Crippen molar-refractivity contribution in [2.45, 2.75) is 39.2 Å². The standard InChI is InChI=1S/C16H24N4/c1-4-18-15(8-7-14-6-5-9-17-12-14)11-16-10-13(2)19-20(16)3/h5-6,9-10,12,15,18H,4,7-8,11H2,1-3H3. The number of nitrogens with zero attached hydrogens (tertiary/aromatic N) is 3. The summed E-state index contributed by atoms with van der Waals surface area (Å²) in [6.07, 6.45) is 6.97. The van der Waals surface area contributed by atoms with E-state index in [-0.39, 0.29) is 0 Å². The highest BCUT2D eigenvalue weighted by Crippen LogP contribution is 2.10. The van der Waals surface area contributed by atoms with Crippen molar-refractivity contribution < 1.29 is 0 Å². The van der Waals surface area contributed by atoms with Crippen LogP contribution in [0.3, 0.4) is 0 Å². The molecular weight excluding hydrogens is 248 g/mol. The number of nitrogens with one attached hydrogen (secondary N) is 1. The zero-order valence-electron chi connectivity index (χ0n) is 12.6. The van der Waals surface area contributed by atoms with Gasteiger partial charge in [-0.15, -0.1) is 0 Å². The lowest BCUT2D eigenvalue weighted by Crippen LogP contribution is -2.32. The van der Waals surface area contributed by atoms with Crippen LogP contribution in [0.25, 0.3) is 0 Å². The van der Waals surface area contributed by atoms with Gasteiger partial charge in [0.2, 0.25) is 0 Å². The summed E-state index contributed by atoms with van der Waals surface area (Å²) in [4.78, 5) is 4.18. The van der Waals surface area contributed by atoms with Gasteiger partial charge in [-0.2, -0.15) is 5.10 Å². The van der Waals surface area contributed by atoms with E-state index in [4.69, 9.17) is 0 Å². The van der Waals surface area contributed by atoms with E-state index >= 15 is 0 Å². The van der Waals surface area contributed by atoms with Gasteiger partial charge in [-0.3, -0.25) is 9.67 Å². The van der Waals surface area contributed by atoms with Crippen molar-refractivity contribution in [1.82, 2.24) is 20.1 Å². The maximum atomic E-state index is 4.42. The quantitative estimate of drug-likeness (QED) is 0.841. The molecule has 4 heteroatoms. The van der Waals surface area contributed by atoms with Gasteiger partial charge in [0, 0.05) is 37.6 Å². The normalized spacial score (nSPS) is 12.6. The van der Waals surface area contributed by atoms with Crippen molar-refractivity contribution in [1.29, 1.82) is 0 Å². The average molecular weight is 272 g/mol. The van der Waals surface area contributed by atoms with E-state index in [1.807, 2.05) is 37.1 Å². The topological polar surface area (TPSA) is 42.7 Å². The molecule has 0 radical (unpaired) electrons. The summed E-state index contributed by atoms with van der Waals surface area (Å²) in [6.45, 7) is 5.20. The molecule has 0 saturated heterocycles. The van der Waals surface area contributed by atoms with Crippen molar-refractivity contribution >= 4 is 0 Å². The zero-order valence-corrected chi connectivity index (χ0v) is 12.6. The lowest BCUT2D eigenvalue weighted by Gasteiger charge is -2.17. The Morgan fingerprint density at radius 1 is 1.40 bits per heavy atom. The van der Waals surface area contributed by atoms with E-state index in [2.05, 4.69) is 34.5 Å². The monoisotopic (exact) mass is 272 g/mol. The van der Waals surface area contributed by atoms with E-state index in [1.54, 1.807) is 0 Å². The molecule has 0 aliphatic carbocycles. The molecule has 2 heterocycles. The summed E-state index contributed by atoms with van der Waals surface area (Å²) < 4.78 is 1.99. The minimum absolute atomic E-state index is 0.481. The van der Waals surface area contributed by atoms with Crippen molar-refractivity contribution in [3.8, 4) is 0 Å². The van der Waals surface area contributed by atoms with Gasteiger partial charge in [0.05, 0.1) is 5.69 Å². The van der Waals surface area contributed by atoms with Gasteiger partial charge in [0.15, 0.2) is 0 Å². The molecular formula is C16H24N4. The van der Waals surface area contributed by atoms with E-state index in [0.717, 1.165) is 31.5 Å². The smallest absolute Gasteiger partial charge is 0.0596 e. The van der Waals surface area contributed by atoms with Crippen LogP contribution >= 0.6 is 0 Å². The predicted octanol–water partition coefficient (Wildman–Crippen LogP) is 2.28. The lowest BCUT2D eigenvalue weighted by molar-refractivity contribution is 0.477. The van der Waals surface area contributed by atoms with Crippen LogP contribution in [0.5, 0.6) is 0 Å². The van der Waals surface area contributed by atoms with Gasteiger partial charge >= 0.3 is 0 Å². The molecule has 2 aromatic rings. The van der Waals surface area contributed by atoms with E-state index < -0.39 is 0 Å². The number of hydrogen-bond acceptors (Lipinski definition) is 3. The Kier molecular flexibility index (Phi) is 5.30. The van der Waals surface area contributed by atoms with Crippen molar-refractivity contribution in [3.05, 3.63) is 47.5 Å². The number of aromatic nitrogens is 3. The maximum absolute atomic E-state index is 4.42.